The smallest absolute Gasteiger partial charge is 0.255 e. The van der Waals surface area contributed by atoms with Gasteiger partial charge in [-0.2, -0.15) is 0 Å². The molecule has 1 aromatic rings. The van der Waals surface area contributed by atoms with Crippen molar-refractivity contribution in [3.05, 3.63) is 29.3 Å². The fourth-order valence-electron chi connectivity index (χ4n) is 4.46. The standard InChI is InChI=1S/C23H33N5O5/c29-21-5-4-20(22(30)26-21)28-16-18-17(23(28)31)2-1-3-19(18)25-8-12-32-14-15-33-13-11-27-9-6-24-7-10-27/h1-3,20,24-25H,4-16H2,(H,26,29,30). The Hall–Kier alpha value is -2.53. The largest absolute Gasteiger partial charge is 0.382 e. The Bertz CT molecular complexity index is 858. The third kappa shape index (κ3) is 6.08. The average Bonchev–Trinajstić information content (AvgIpc) is 3.15. The summed E-state index contributed by atoms with van der Waals surface area (Å²) < 4.78 is 11.3. The summed E-state index contributed by atoms with van der Waals surface area (Å²) in [4.78, 5) is 40.5. The van der Waals surface area contributed by atoms with Crippen LogP contribution in [0.2, 0.25) is 0 Å². The molecule has 1 unspecified atom stereocenters. The van der Waals surface area contributed by atoms with Crippen molar-refractivity contribution in [1.29, 1.82) is 0 Å². The average molecular weight is 460 g/mol. The SMILES string of the molecule is O=C1CCC(N2Cc3c(NCCOCCOCCN4CCNCC4)cccc3C2=O)C(=O)N1. The predicted molar refractivity (Wildman–Crippen MR) is 122 cm³/mol. The van der Waals surface area contributed by atoms with Crippen molar-refractivity contribution in [2.24, 2.45) is 0 Å². The lowest BCUT2D eigenvalue weighted by Crippen LogP contribution is -2.52. The van der Waals surface area contributed by atoms with Gasteiger partial charge in [0.2, 0.25) is 11.8 Å². The lowest BCUT2D eigenvalue weighted by atomic mass is 10.0. The summed E-state index contributed by atoms with van der Waals surface area (Å²) in [6.07, 6.45) is 0.608. The molecular weight excluding hydrogens is 426 g/mol. The van der Waals surface area contributed by atoms with Crippen LogP contribution in [0.3, 0.4) is 0 Å². The van der Waals surface area contributed by atoms with Crippen LogP contribution >= 0.6 is 0 Å². The van der Waals surface area contributed by atoms with E-state index < -0.39 is 11.9 Å². The van der Waals surface area contributed by atoms with Gasteiger partial charge in [0, 0.05) is 69.0 Å². The van der Waals surface area contributed by atoms with Gasteiger partial charge in [0.25, 0.3) is 5.91 Å². The molecule has 2 fully saturated rings. The second-order valence-electron chi connectivity index (χ2n) is 8.47. The maximum absolute atomic E-state index is 12.9. The molecule has 3 heterocycles. The van der Waals surface area contributed by atoms with Gasteiger partial charge in [-0.15, -0.1) is 0 Å². The van der Waals surface area contributed by atoms with Crippen LogP contribution in [0.1, 0.15) is 28.8 Å². The van der Waals surface area contributed by atoms with Crippen LogP contribution in [0.15, 0.2) is 18.2 Å². The Kier molecular flexibility index (Phi) is 8.27. The third-order valence-electron chi connectivity index (χ3n) is 6.28. The maximum Gasteiger partial charge on any atom is 0.255 e. The number of rotatable bonds is 11. The molecule has 3 amide bonds. The lowest BCUT2D eigenvalue weighted by molar-refractivity contribution is -0.136. The van der Waals surface area contributed by atoms with Crippen molar-refractivity contribution < 1.29 is 23.9 Å². The zero-order chi connectivity index (χ0) is 23.0. The van der Waals surface area contributed by atoms with Crippen LogP contribution in [0.5, 0.6) is 0 Å². The first-order chi connectivity index (χ1) is 16.1. The molecule has 3 aliphatic heterocycles. The highest BCUT2D eigenvalue weighted by molar-refractivity contribution is 6.06. The lowest BCUT2D eigenvalue weighted by Gasteiger charge is -2.29. The second kappa shape index (κ2) is 11.6. The quantitative estimate of drug-likeness (QED) is 0.308. The van der Waals surface area contributed by atoms with E-state index in [0.29, 0.717) is 44.9 Å². The molecular formula is C23H33N5O5. The zero-order valence-corrected chi connectivity index (χ0v) is 18.9. The Balaban J connectivity index is 1.16. The summed E-state index contributed by atoms with van der Waals surface area (Å²) in [6, 6.07) is 4.94. The number of hydrogen-bond donors (Lipinski definition) is 3. The molecule has 4 rings (SSSR count). The van der Waals surface area contributed by atoms with Crippen LogP contribution < -0.4 is 16.0 Å². The summed E-state index contributed by atoms with van der Waals surface area (Å²) in [5.74, 6) is -0.851. The predicted octanol–water partition coefficient (Wildman–Crippen LogP) is -0.202. The minimum Gasteiger partial charge on any atom is -0.382 e. The fourth-order valence-corrected chi connectivity index (χ4v) is 4.46. The van der Waals surface area contributed by atoms with Crippen LogP contribution in [-0.4, -0.2) is 99.3 Å². The second-order valence-corrected chi connectivity index (χ2v) is 8.47. The van der Waals surface area contributed by atoms with Crippen molar-refractivity contribution in [2.45, 2.75) is 25.4 Å². The molecule has 0 spiro atoms. The number of nitrogens with zero attached hydrogens (tertiary/aromatic N) is 2. The number of benzene rings is 1. The van der Waals surface area contributed by atoms with Crippen LogP contribution in [0.4, 0.5) is 5.69 Å². The van der Waals surface area contributed by atoms with Gasteiger partial charge in [0.15, 0.2) is 0 Å². The number of amides is 3. The first kappa shape index (κ1) is 23.6. The van der Waals surface area contributed by atoms with Gasteiger partial charge in [-0.1, -0.05) is 6.07 Å². The molecule has 3 N–H and O–H groups in total. The van der Waals surface area contributed by atoms with E-state index in [4.69, 9.17) is 9.47 Å². The number of imide groups is 1. The molecule has 10 nitrogen and oxygen atoms in total. The van der Waals surface area contributed by atoms with Gasteiger partial charge in [-0.3, -0.25) is 24.6 Å². The highest BCUT2D eigenvalue weighted by Gasteiger charge is 2.39. The Labute approximate surface area is 193 Å². The summed E-state index contributed by atoms with van der Waals surface area (Å²) in [5.41, 5.74) is 2.35. The molecule has 3 aliphatic rings. The normalized spacial score (nSPS) is 21.3. The van der Waals surface area contributed by atoms with E-state index in [-0.39, 0.29) is 18.2 Å². The van der Waals surface area contributed by atoms with Crippen molar-refractivity contribution in [3.63, 3.8) is 0 Å². The van der Waals surface area contributed by atoms with Crippen molar-refractivity contribution in [3.8, 4) is 0 Å². The molecule has 0 aliphatic carbocycles. The number of carbonyl (C=O) groups is 3. The van der Waals surface area contributed by atoms with Gasteiger partial charge in [0.1, 0.15) is 6.04 Å². The molecule has 0 bridgehead atoms. The van der Waals surface area contributed by atoms with E-state index in [1.54, 1.807) is 11.0 Å². The minimum atomic E-state index is -0.606. The van der Waals surface area contributed by atoms with Crippen molar-refractivity contribution in [2.75, 3.05) is 71.0 Å². The molecule has 2 saturated heterocycles. The molecule has 0 aromatic heterocycles. The molecule has 0 saturated carbocycles. The molecule has 0 radical (unpaired) electrons. The Morgan fingerprint density at radius 3 is 2.61 bits per heavy atom. The van der Waals surface area contributed by atoms with E-state index >= 15 is 0 Å². The van der Waals surface area contributed by atoms with Crippen LogP contribution in [-0.2, 0) is 25.6 Å². The topological polar surface area (TPSA) is 112 Å². The van der Waals surface area contributed by atoms with Gasteiger partial charge in [-0.25, -0.2) is 0 Å². The number of piperazine rings is 1. The van der Waals surface area contributed by atoms with E-state index in [0.717, 1.165) is 50.6 Å². The molecule has 33 heavy (non-hydrogen) atoms. The van der Waals surface area contributed by atoms with Gasteiger partial charge in [0.05, 0.1) is 26.4 Å². The Morgan fingerprint density at radius 2 is 1.82 bits per heavy atom. The van der Waals surface area contributed by atoms with E-state index in [2.05, 4.69) is 20.9 Å². The van der Waals surface area contributed by atoms with Crippen LogP contribution in [0.25, 0.3) is 0 Å². The van der Waals surface area contributed by atoms with E-state index in [1.165, 1.54) is 0 Å². The van der Waals surface area contributed by atoms with Crippen LogP contribution in [0, 0.1) is 0 Å². The number of nitrogens with one attached hydrogen (secondary N) is 3. The summed E-state index contributed by atoms with van der Waals surface area (Å²) >= 11 is 0. The van der Waals surface area contributed by atoms with Crippen molar-refractivity contribution in [1.82, 2.24) is 20.4 Å². The number of fused-ring (bicyclic) bond motifs is 1. The highest BCUT2D eigenvalue weighted by Crippen LogP contribution is 2.32. The number of ether oxygens (including phenoxy) is 2. The first-order valence-electron chi connectivity index (χ1n) is 11.7. The maximum atomic E-state index is 12.9. The number of hydrogen-bond acceptors (Lipinski definition) is 8. The number of carbonyl (C=O) groups excluding carboxylic acids is 3. The number of anilines is 1. The molecule has 180 valence electrons. The van der Waals surface area contributed by atoms with Gasteiger partial charge < -0.3 is 25.0 Å². The van der Waals surface area contributed by atoms with Gasteiger partial charge >= 0.3 is 0 Å². The Morgan fingerprint density at radius 1 is 1.03 bits per heavy atom. The summed E-state index contributed by atoms with van der Waals surface area (Å²) in [5, 5.41) is 9.01. The zero-order valence-electron chi connectivity index (χ0n) is 18.9. The summed E-state index contributed by atoms with van der Waals surface area (Å²) in [6.45, 7) is 8.50. The van der Waals surface area contributed by atoms with Gasteiger partial charge in [-0.05, 0) is 18.6 Å². The fraction of sp³-hybridized carbons (Fsp3) is 0.609. The summed E-state index contributed by atoms with van der Waals surface area (Å²) in [7, 11) is 0. The molecule has 10 heteroatoms. The van der Waals surface area contributed by atoms with E-state index in [1.807, 2.05) is 12.1 Å². The third-order valence-corrected chi connectivity index (χ3v) is 6.28. The first-order valence-corrected chi connectivity index (χ1v) is 11.7. The monoisotopic (exact) mass is 459 g/mol. The molecule has 1 atom stereocenters. The highest BCUT2D eigenvalue weighted by atomic mass is 16.5. The number of piperidine rings is 1. The molecule has 1 aromatic carbocycles. The van der Waals surface area contributed by atoms with E-state index in [9.17, 15) is 14.4 Å². The van der Waals surface area contributed by atoms with Crippen molar-refractivity contribution >= 4 is 23.4 Å². The minimum absolute atomic E-state index is 0.169.